The molecule has 2 aromatic carbocycles. The number of unbranched alkanes of at least 4 members (excludes halogenated alkanes) is 1. The Balaban J connectivity index is 0.00000280. The number of aromatic amines is 1. The lowest BCUT2D eigenvalue weighted by molar-refractivity contribution is -0.898. The monoisotopic (exact) mass is 402 g/mol. The van der Waals surface area contributed by atoms with Crippen molar-refractivity contribution in [2.24, 2.45) is 0 Å². The van der Waals surface area contributed by atoms with Crippen LogP contribution in [0.15, 0.2) is 54.7 Å². The Labute approximate surface area is 173 Å². The number of H-pyrrole nitrogens is 1. The molecule has 0 fully saturated rings. The quantitative estimate of drug-likeness (QED) is 0.394. The summed E-state index contributed by atoms with van der Waals surface area (Å²) in [5, 5.41) is 10.2. The molecule has 152 valence electrons. The van der Waals surface area contributed by atoms with Crippen LogP contribution in [0.2, 0.25) is 0 Å². The summed E-state index contributed by atoms with van der Waals surface area (Å²) in [5.41, 5.74) is 3.69. The maximum absolute atomic E-state index is 8.97. The summed E-state index contributed by atoms with van der Waals surface area (Å²) >= 11 is 0. The Morgan fingerprint density at radius 3 is 2.61 bits per heavy atom. The van der Waals surface area contributed by atoms with Crippen molar-refractivity contribution in [2.75, 3.05) is 26.2 Å². The van der Waals surface area contributed by atoms with Crippen LogP contribution >= 0.6 is 0 Å². The van der Waals surface area contributed by atoms with Gasteiger partial charge in [-0.2, -0.15) is 0 Å². The van der Waals surface area contributed by atoms with Crippen LogP contribution < -0.4 is 22.0 Å². The molecule has 1 heterocycles. The van der Waals surface area contributed by atoms with Gasteiger partial charge < -0.3 is 32.1 Å². The smallest absolute Gasteiger partial charge is 0.120 e. The Morgan fingerprint density at radius 2 is 1.86 bits per heavy atom. The van der Waals surface area contributed by atoms with E-state index in [-0.39, 0.29) is 12.4 Å². The lowest BCUT2D eigenvalue weighted by Crippen LogP contribution is -3.12. The van der Waals surface area contributed by atoms with E-state index in [1.807, 2.05) is 24.3 Å². The largest absolute Gasteiger partial charge is 1.00 e. The number of ether oxygens (including phenoxy) is 1. The third kappa shape index (κ3) is 6.26. The van der Waals surface area contributed by atoms with Gasteiger partial charge in [-0.1, -0.05) is 30.3 Å². The second kappa shape index (κ2) is 11.7. The molecule has 3 aromatic rings. The maximum Gasteiger partial charge on any atom is 0.120 e. The minimum absolute atomic E-state index is 0. The van der Waals surface area contributed by atoms with Gasteiger partial charge in [0.2, 0.25) is 0 Å². The molecule has 5 heteroatoms. The number of aliphatic hydroxyl groups excluding tert-OH is 1. The van der Waals surface area contributed by atoms with E-state index in [1.54, 1.807) is 4.90 Å². The molecule has 1 aromatic heterocycles. The highest BCUT2D eigenvalue weighted by atomic mass is 35.5. The summed E-state index contributed by atoms with van der Waals surface area (Å²) in [5.74, 6) is 0.912. The second-order valence-corrected chi connectivity index (χ2v) is 7.08. The molecule has 0 amide bonds. The van der Waals surface area contributed by atoms with E-state index in [1.165, 1.54) is 16.5 Å². The van der Waals surface area contributed by atoms with Gasteiger partial charge in [-0.05, 0) is 49.1 Å². The Kier molecular flexibility index (Phi) is 9.35. The summed E-state index contributed by atoms with van der Waals surface area (Å²) in [6.45, 7) is 6.49. The predicted octanol–water partition coefficient (Wildman–Crippen LogP) is -0.0293. The molecule has 4 nitrogen and oxygen atoms in total. The third-order valence-electron chi connectivity index (χ3n) is 5.17. The van der Waals surface area contributed by atoms with Crippen LogP contribution in [-0.4, -0.2) is 36.3 Å². The number of rotatable bonds is 11. The van der Waals surface area contributed by atoms with E-state index in [0.717, 1.165) is 50.2 Å². The maximum atomic E-state index is 8.97. The first-order valence-electron chi connectivity index (χ1n) is 10.0. The molecule has 3 N–H and O–H groups in total. The minimum Gasteiger partial charge on any atom is -1.00 e. The average molecular weight is 403 g/mol. The number of aromatic nitrogens is 1. The first-order chi connectivity index (χ1) is 13.3. The molecule has 0 spiro atoms. The molecule has 1 atom stereocenters. The molecule has 0 radical (unpaired) electrons. The summed E-state index contributed by atoms with van der Waals surface area (Å²) in [7, 11) is 0. The van der Waals surface area contributed by atoms with Gasteiger partial charge in [0, 0.05) is 30.1 Å². The van der Waals surface area contributed by atoms with E-state index in [2.05, 4.69) is 42.4 Å². The minimum atomic E-state index is 0. The molecule has 0 aliphatic rings. The first kappa shape index (κ1) is 22.3. The SMILES string of the molecule is CC[NH+](CCCCO)CCc1c[nH]c2ccc(OCc3ccccc3)cc12.[Cl-]. The van der Waals surface area contributed by atoms with Crippen LogP contribution in [-0.2, 0) is 13.0 Å². The van der Waals surface area contributed by atoms with Gasteiger partial charge in [0.05, 0.1) is 19.6 Å². The number of nitrogens with one attached hydrogen (secondary N) is 2. The number of aliphatic hydroxyl groups is 1. The van der Waals surface area contributed by atoms with Crippen molar-refractivity contribution in [3.63, 3.8) is 0 Å². The fourth-order valence-corrected chi connectivity index (χ4v) is 3.47. The van der Waals surface area contributed by atoms with Crippen molar-refractivity contribution in [2.45, 2.75) is 32.8 Å². The standard InChI is InChI=1S/C23H30N2O2.ClH/c1-2-25(13-6-7-15-26)14-12-20-17-24-23-11-10-21(16-22(20)23)27-18-19-8-4-3-5-9-19;/h3-5,8-11,16-17,24,26H,2,6-7,12-15,18H2,1H3;1H. The topological polar surface area (TPSA) is 49.7 Å². The fourth-order valence-electron chi connectivity index (χ4n) is 3.47. The van der Waals surface area contributed by atoms with Crippen LogP contribution in [0.3, 0.4) is 0 Å². The summed E-state index contributed by atoms with van der Waals surface area (Å²) in [6.07, 6.45) is 5.17. The van der Waals surface area contributed by atoms with Crippen molar-refractivity contribution < 1.29 is 27.2 Å². The highest BCUT2D eigenvalue weighted by Crippen LogP contribution is 2.24. The van der Waals surface area contributed by atoms with Gasteiger partial charge in [-0.15, -0.1) is 0 Å². The molecular weight excluding hydrogens is 372 g/mol. The molecular formula is C23H31ClN2O2. The van der Waals surface area contributed by atoms with E-state index >= 15 is 0 Å². The molecule has 0 aliphatic carbocycles. The predicted molar refractivity (Wildman–Crippen MR) is 110 cm³/mol. The molecule has 0 saturated heterocycles. The fraction of sp³-hybridized carbons (Fsp3) is 0.391. The van der Waals surface area contributed by atoms with Crippen molar-refractivity contribution in [1.29, 1.82) is 0 Å². The molecule has 0 aliphatic heterocycles. The van der Waals surface area contributed by atoms with Gasteiger partial charge in [-0.3, -0.25) is 0 Å². The van der Waals surface area contributed by atoms with Crippen molar-refractivity contribution in [1.82, 2.24) is 4.98 Å². The van der Waals surface area contributed by atoms with Gasteiger partial charge in [0.25, 0.3) is 0 Å². The summed E-state index contributed by atoms with van der Waals surface area (Å²) < 4.78 is 5.99. The van der Waals surface area contributed by atoms with E-state index in [4.69, 9.17) is 9.84 Å². The summed E-state index contributed by atoms with van der Waals surface area (Å²) in [6, 6.07) is 16.5. The second-order valence-electron chi connectivity index (χ2n) is 7.08. The first-order valence-corrected chi connectivity index (χ1v) is 10.0. The van der Waals surface area contributed by atoms with Gasteiger partial charge >= 0.3 is 0 Å². The molecule has 3 rings (SSSR count). The number of benzene rings is 2. The number of halogens is 1. The van der Waals surface area contributed by atoms with E-state index < -0.39 is 0 Å². The van der Waals surface area contributed by atoms with Crippen LogP contribution in [0.5, 0.6) is 5.75 Å². The number of hydrogen-bond donors (Lipinski definition) is 3. The number of fused-ring (bicyclic) bond motifs is 1. The molecule has 28 heavy (non-hydrogen) atoms. The molecule has 1 unspecified atom stereocenters. The summed E-state index contributed by atoms with van der Waals surface area (Å²) in [4.78, 5) is 4.98. The Hall–Kier alpha value is -2.01. The Morgan fingerprint density at radius 1 is 1.04 bits per heavy atom. The van der Waals surface area contributed by atoms with E-state index in [9.17, 15) is 0 Å². The van der Waals surface area contributed by atoms with Crippen molar-refractivity contribution in [3.05, 3.63) is 65.9 Å². The van der Waals surface area contributed by atoms with Crippen LogP contribution in [0, 0.1) is 0 Å². The van der Waals surface area contributed by atoms with E-state index in [0.29, 0.717) is 13.2 Å². The Bertz CT molecular complexity index is 820. The van der Waals surface area contributed by atoms with Crippen molar-refractivity contribution in [3.8, 4) is 5.75 Å². The zero-order valence-corrected chi connectivity index (χ0v) is 17.3. The molecule has 0 saturated carbocycles. The van der Waals surface area contributed by atoms with Gasteiger partial charge in [0.15, 0.2) is 0 Å². The zero-order chi connectivity index (χ0) is 18.9. The lowest BCUT2D eigenvalue weighted by Gasteiger charge is -2.17. The highest BCUT2D eigenvalue weighted by molar-refractivity contribution is 5.84. The highest BCUT2D eigenvalue weighted by Gasteiger charge is 2.10. The molecule has 0 bridgehead atoms. The zero-order valence-electron chi connectivity index (χ0n) is 16.6. The number of quaternary nitrogens is 1. The lowest BCUT2D eigenvalue weighted by atomic mass is 10.1. The van der Waals surface area contributed by atoms with Crippen molar-refractivity contribution >= 4 is 10.9 Å². The van der Waals surface area contributed by atoms with Gasteiger partial charge in [0.1, 0.15) is 12.4 Å². The normalized spacial score (nSPS) is 11.9. The van der Waals surface area contributed by atoms with Crippen LogP contribution in [0.25, 0.3) is 10.9 Å². The average Bonchev–Trinajstić information content (AvgIpc) is 3.12. The van der Waals surface area contributed by atoms with Crippen LogP contribution in [0.1, 0.15) is 30.9 Å². The number of hydrogen-bond acceptors (Lipinski definition) is 2. The van der Waals surface area contributed by atoms with Gasteiger partial charge in [-0.25, -0.2) is 0 Å². The van der Waals surface area contributed by atoms with Crippen LogP contribution in [0.4, 0.5) is 0 Å². The third-order valence-corrected chi connectivity index (χ3v) is 5.17. The number of likely N-dealkylation sites (N-methyl/N-ethyl adjacent to an activating group) is 1.